The normalized spacial score (nSPS) is 17.4. The van der Waals surface area contributed by atoms with Crippen LogP contribution in [0.25, 0.3) is 0 Å². The second-order valence-electron chi connectivity index (χ2n) is 7.35. The minimum atomic E-state index is -0.640. The molecular weight excluding hydrogens is 348 g/mol. The predicted octanol–water partition coefficient (Wildman–Crippen LogP) is 4.35. The van der Waals surface area contributed by atoms with Crippen LogP contribution in [0.3, 0.4) is 0 Å². The summed E-state index contributed by atoms with van der Waals surface area (Å²) in [5.41, 5.74) is 1.96. The predicted molar refractivity (Wildman–Crippen MR) is 106 cm³/mol. The van der Waals surface area contributed by atoms with Crippen molar-refractivity contribution in [1.29, 1.82) is 0 Å². The van der Waals surface area contributed by atoms with Crippen LogP contribution in [0.1, 0.15) is 69.5 Å². The highest BCUT2D eigenvalue weighted by molar-refractivity contribution is 6.27. The minimum absolute atomic E-state index is 0.0651. The molecule has 0 aliphatic heterocycles. The van der Waals surface area contributed by atoms with Gasteiger partial charge in [0.15, 0.2) is 0 Å². The van der Waals surface area contributed by atoms with Crippen LogP contribution in [0, 0.1) is 6.92 Å². The third-order valence-electron chi connectivity index (χ3n) is 5.34. The van der Waals surface area contributed by atoms with E-state index in [2.05, 4.69) is 5.32 Å². The van der Waals surface area contributed by atoms with Gasteiger partial charge in [0.25, 0.3) is 0 Å². The number of alkyl halides is 1. The first-order chi connectivity index (χ1) is 12.5. The number of hydrogen-bond acceptors (Lipinski definition) is 2. The van der Waals surface area contributed by atoms with Crippen molar-refractivity contribution in [2.45, 2.75) is 77.4 Å². The molecule has 4 nitrogen and oxygen atoms in total. The SMILES string of the molecule is CC[C@H](C)N(C(=O)CCl)[C@@H](C(=O)NC1CCCCC1)c1ccc(C)cc1. The summed E-state index contributed by atoms with van der Waals surface area (Å²) in [5.74, 6) is -0.423. The molecule has 144 valence electrons. The lowest BCUT2D eigenvalue weighted by Crippen LogP contribution is -2.50. The molecule has 0 radical (unpaired) electrons. The summed E-state index contributed by atoms with van der Waals surface area (Å²) in [6, 6.07) is 7.35. The standard InChI is InChI=1S/C21H31ClN2O2/c1-4-16(3)24(19(25)14-22)20(17-12-10-15(2)11-13-17)21(26)23-18-8-6-5-7-9-18/h10-13,16,18,20H,4-9,14H2,1-3H3,(H,23,26)/t16-,20+/m0/s1. The molecule has 1 fully saturated rings. The van der Waals surface area contributed by atoms with Gasteiger partial charge in [-0.3, -0.25) is 9.59 Å². The van der Waals surface area contributed by atoms with Crippen molar-refractivity contribution in [2.75, 3.05) is 5.88 Å². The second-order valence-corrected chi connectivity index (χ2v) is 7.62. The topological polar surface area (TPSA) is 49.4 Å². The fourth-order valence-electron chi connectivity index (χ4n) is 3.62. The van der Waals surface area contributed by atoms with E-state index in [1.54, 1.807) is 4.90 Å². The van der Waals surface area contributed by atoms with Crippen molar-refractivity contribution in [3.05, 3.63) is 35.4 Å². The lowest BCUT2D eigenvalue weighted by molar-refractivity contribution is -0.141. The van der Waals surface area contributed by atoms with Gasteiger partial charge < -0.3 is 10.2 Å². The number of halogens is 1. The molecule has 0 saturated heterocycles. The summed E-state index contributed by atoms with van der Waals surface area (Å²) < 4.78 is 0. The summed E-state index contributed by atoms with van der Waals surface area (Å²) in [6.07, 6.45) is 6.32. The third kappa shape index (κ3) is 5.23. The van der Waals surface area contributed by atoms with Gasteiger partial charge in [-0.15, -0.1) is 11.6 Å². The molecule has 2 amide bonds. The molecule has 0 spiro atoms. The van der Waals surface area contributed by atoms with Gasteiger partial charge in [0.05, 0.1) is 0 Å². The van der Waals surface area contributed by atoms with Crippen molar-refractivity contribution < 1.29 is 9.59 Å². The molecule has 0 heterocycles. The minimum Gasteiger partial charge on any atom is -0.351 e. The first kappa shape index (κ1) is 20.8. The maximum Gasteiger partial charge on any atom is 0.247 e. The molecule has 1 N–H and O–H groups in total. The van der Waals surface area contributed by atoms with Crippen LogP contribution in [0.4, 0.5) is 0 Å². The van der Waals surface area contributed by atoms with Gasteiger partial charge in [-0.2, -0.15) is 0 Å². The third-order valence-corrected chi connectivity index (χ3v) is 5.57. The maximum absolute atomic E-state index is 13.2. The molecule has 0 aromatic heterocycles. The van der Waals surface area contributed by atoms with E-state index < -0.39 is 6.04 Å². The van der Waals surface area contributed by atoms with Gasteiger partial charge in [0, 0.05) is 12.1 Å². The first-order valence-electron chi connectivity index (χ1n) is 9.72. The summed E-state index contributed by atoms with van der Waals surface area (Å²) in [4.78, 5) is 27.5. The van der Waals surface area contributed by atoms with Crippen molar-refractivity contribution in [3.63, 3.8) is 0 Å². The van der Waals surface area contributed by atoms with E-state index in [1.165, 1.54) is 6.42 Å². The highest BCUT2D eigenvalue weighted by Gasteiger charge is 2.34. The van der Waals surface area contributed by atoms with Crippen LogP contribution in [0.5, 0.6) is 0 Å². The van der Waals surface area contributed by atoms with Gasteiger partial charge in [-0.1, -0.05) is 56.0 Å². The first-order valence-corrected chi connectivity index (χ1v) is 10.3. The van der Waals surface area contributed by atoms with E-state index in [4.69, 9.17) is 11.6 Å². The number of aryl methyl sites for hydroxylation is 1. The molecule has 5 heteroatoms. The number of benzene rings is 1. The Balaban J connectivity index is 2.34. The van der Waals surface area contributed by atoms with Gasteiger partial charge >= 0.3 is 0 Å². The molecule has 0 unspecified atom stereocenters. The average Bonchev–Trinajstić information content (AvgIpc) is 2.66. The molecule has 2 atom stereocenters. The molecule has 1 aromatic carbocycles. The highest BCUT2D eigenvalue weighted by Crippen LogP contribution is 2.27. The monoisotopic (exact) mass is 378 g/mol. The van der Waals surface area contributed by atoms with Crippen LogP contribution in [0.2, 0.25) is 0 Å². The van der Waals surface area contributed by atoms with E-state index in [1.807, 2.05) is 45.0 Å². The zero-order valence-corrected chi connectivity index (χ0v) is 16.9. The average molecular weight is 379 g/mol. The van der Waals surface area contributed by atoms with E-state index in [9.17, 15) is 9.59 Å². The van der Waals surface area contributed by atoms with E-state index >= 15 is 0 Å². The van der Waals surface area contributed by atoms with Crippen molar-refractivity contribution >= 4 is 23.4 Å². The van der Waals surface area contributed by atoms with Crippen LogP contribution in [-0.2, 0) is 9.59 Å². The number of carbonyl (C=O) groups excluding carboxylic acids is 2. The highest BCUT2D eigenvalue weighted by atomic mass is 35.5. The Hall–Kier alpha value is -1.55. The Labute approximate surface area is 162 Å². The van der Waals surface area contributed by atoms with Crippen LogP contribution in [-0.4, -0.2) is 34.7 Å². The van der Waals surface area contributed by atoms with Crippen molar-refractivity contribution in [3.8, 4) is 0 Å². The Kier molecular flexibility index (Phi) is 7.95. The smallest absolute Gasteiger partial charge is 0.247 e. The molecule has 0 bridgehead atoms. The molecule has 2 rings (SSSR count). The molecule has 26 heavy (non-hydrogen) atoms. The molecule has 1 aliphatic rings. The van der Waals surface area contributed by atoms with Crippen LogP contribution in [0.15, 0.2) is 24.3 Å². The lowest BCUT2D eigenvalue weighted by Gasteiger charge is -2.36. The largest absolute Gasteiger partial charge is 0.351 e. The molecule has 1 aliphatic carbocycles. The Bertz CT molecular complexity index is 597. The van der Waals surface area contributed by atoms with Crippen molar-refractivity contribution in [2.24, 2.45) is 0 Å². The summed E-state index contributed by atoms with van der Waals surface area (Å²) in [7, 11) is 0. The quantitative estimate of drug-likeness (QED) is 0.717. The van der Waals surface area contributed by atoms with E-state index in [0.29, 0.717) is 0 Å². The van der Waals surface area contributed by atoms with Gasteiger partial charge in [0.2, 0.25) is 11.8 Å². The van der Waals surface area contributed by atoms with Crippen LogP contribution >= 0.6 is 11.6 Å². The zero-order chi connectivity index (χ0) is 19.1. The maximum atomic E-state index is 13.2. The molecule has 1 aromatic rings. The number of hydrogen-bond donors (Lipinski definition) is 1. The number of amides is 2. The summed E-state index contributed by atoms with van der Waals surface area (Å²) in [5, 5.41) is 3.19. The van der Waals surface area contributed by atoms with Gasteiger partial charge in [-0.05, 0) is 38.7 Å². The number of nitrogens with zero attached hydrogens (tertiary/aromatic N) is 1. The summed E-state index contributed by atoms with van der Waals surface area (Å²) >= 11 is 5.88. The Morgan fingerprint density at radius 3 is 2.35 bits per heavy atom. The molecule has 1 saturated carbocycles. The van der Waals surface area contributed by atoms with Crippen molar-refractivity contribution in [1.82, 2.24) is 10.2 Å². The van der Waals surface area contributed by atoms with Crippen LogP contribution < -0.4 is 5.32 Å². The fraction of sp³-hybridized carbons (Fsp3) is 0.619. The number of carbonyl (C=O) groups is 2. The number of rotatable bonds is 7. The van der Waals surface area contributed by atoms with E-state index in [0.717, 1.165) is 43.2 Å². The number of nitrogens with one attached hydrogen (secondary N) is 1. The summed E-state index contributed by atoms with van der Waals surface area (Å²) in [6.45, 7) is 6.00. The lowest BCUT2D eigenvalue weighted by atomic mass is 9.94. The Morgan fingerprint density at radius 1 is 1.19 bits per heavy atom. The molecular formula is C21H31ClN2O2. The Morgan fingerprint density at radius 2 is 1.81 bits per heavy atom. The van der Waals surface area contributed by atoms with E-state index in [-0.39, 0.29) is 29.8 Å². The zero-order valence-electron chi connectivity index (χ0n) is 16.1. The second kappa shape index (κ2) is 9.96. The van der Waals surface area contributed by atoms with Gasteiger partial charge in [0.1, 0.15) is 11.9 Å². The fourth-order valence-corrected chi connectivity index (χ4v) is 3.76. The van der Waals surface area contributed by atoms with Gasteiger partial charge in [-0.25, -0.2) is 0 Å².